The summed E-state index contributed by atoms with van der Waals surface area (Å²) in [4.78, 5) is 38.5. The van der Waals surface area contributed by atoms with Gasteiger partial charge in [0, 0.05) is 31.1 Å². The lowest BCUT2D eigenvalue weighted by Crippen LogP contribution is -2.54. The first-order valence-electron chi connectivity index (χ1n) is 9.06. The molecule has 2 aromatic rings. The molecule has 3 amide bonds. The summed E-state index contributed by atoms with van der Waals surface area (Å²) in [6.45, 7) is 1.16. The summed E-state index contributed by atoms with van der Waals surface area (Å²) >= 11 is 0. The van der Waals surface area contributed by atoms with E-state index in [1.807, 2.05) is 48.5 Å². The molecule has 0 aliphatic carbocycles. The number of likely N-dealkylation sites (tertiary alicyclic amines) is 1. The number of nitrogens with zero attached hydrogens (tertiary/aromatic N) is 2. The number of carbonyl (C=O) groups excluding carboxylic acids is 3. The molecule has 2 aromatic carbocycles. The Balaban J connectivity index is 1.36. The first-order valence-corrected chi connectivity index (χ1v) is 9.06. The van der Waals surface area contributed by atoms with Gasteiger partial charge in [-0.15, -0.1) is 0 Å². The van der Waals surface area contributed by atoms with Crippen molar-refractivity contribution in [1.29, 1.82) is 0 Å². The van der Waals surface area contributed by atoms with E-state index in [0.29, 0.717) is 25.2 Å². The highest BCUT2D eigenvalue weighted by Crippen LogP contribution is 2.26. The van der Waals surface area contributed by atoms with Gasteiger partial charge in [-0.3, -0.25) is 9.59 Å². The fourth-order valence-electron chi connectivity index (χ4n) is 3.46. The molecule has 0 spiro atoms. The first-order chi connectivity index (χ1) is 13.5. The van der Waals surface area contributed by atoms with Gasteiger partial charge in [-0.1, -0.05) is 24.3 Å². The molecule has 7 nitrogen and oxygen atoms in total. The van der Waals surface area contributed by atoms with Gasteiger partial charge in [0.05, 0.1) is 7.11 Å². The number of hydrogen-bond donors (Lipinski definition) is 0. The molecule has 28 heavy (non-hydrogen) atoms. The Morgan fingerprint density at radius 1 is 1.11 bits per heavy atom. The van der Waals surface area contributed by atoms with Crippen LogP contribution < -0.4 is 4.74 Å². The van der Waals surface area contributed by atoms with Crippen molar-refractivity contribution in [3.05, 3.63) is 54.1 Å². The van der Waals surface area contributed by atoms with E-state index in [2.05, 4.69) is 0 Å². The van der Waals surface area contributed by atoms with Crippen LogP contribution in [0, 0.1) is 5.92 Å². The molecule has 0 N–H and O–H groups in total. The zero-order chi connectivity index (χ0) is 19.7. The van der Waals surface area contributed by atoms with Gasteiger partial charge in [0.1, 0.15) is 5.75 Å². The van der Waals surface area contributed by atoms with E-state index < -0.39 is 6.09 Å². The first kappa shape index (κ1) is 18.0. The topological polar surface area (TPSA) is 76.2 Å². The minimum atomic E-state index is -0.595. The van der Waals surface area contributed by atoms with E-state index in [1.54, 1.807) is 12.0 Å². The molecular weight excluding hydrogens is 360 g/mol. The van der Waals surface area contributed by atoms with Crippen LogP contribution >= 0.6 is 0 Å². The number of carbonyl (C=O) groups is 3. The highest BCUT2D eigenvalue weighted by atomic mass is 16.6. The van der Waals surface area contributed by atoms with E-state index in [9.17, 15) is 14.4 Å². The maximum atomic E-state index is 12.6. The summed E-state index contributed by atoms with van der Waals surface area (Å²) in [5.41, 5.74) is 2.63. The monoisotopic (exact) mass is 380 g/mol. The third kappa shape index (κ3) is 3.43. The molecular formula is C21H20N2O5. The van der Waals surface area contributed by atoms with E-state index >= 15 is 0 Å². The van der Waals surface area contributed by atoms with E-state index in [1.165, 1.54) is 0 Å². The van der Waals surface area contributed by atoms with Crippen molar-refractivity contribution in [3.63, 3.8) is 0 Å². The van der Waals surface area contributed by atoms with Gasteiger partial charge in [-0.05, 0) is 35.4 Å². The highest BCUT2D eigenvalue weighted by Gasteiger charge is 2.38. The van der Waals surface area contributed by atoms with Gasteiger partial charge in [-0.2, -0.15) is 0 Å². The maximum Gasteiger partial charge on any atom is 0.417 e. The molecule has 7 heteroatoms. The third-order valence-corrected chi connectivity index (χ3v) is 5.06. The number of cyclic esters (lactones) is 1. The number of benzene rings is 2. The van der Waals surface area contributed by atoms with Crippen LogP contribution in [0.3, 0.4) is 0 Å². The molecule has 144 valence electrons. The van der Waals surface area contributed by atoms with Crippen LogP contribution in [0.15, 0.2) is 48.5 Å². The predicted molar refractivity (Wildman–Crippen MR) is 101 cm³/mol. The highest BCUT2D eigenvalue weighted by molar-refractivity contribution is 5.98. The number of rotatable bonds is 5. The number of imide groups is 1. The Morgan fingerprint density at radius 3 is 2.50 bits per heavy atom. The Hall–Kier alpha value is -3.35. The lowest BCUT2D eigenvalue weighted by molar-refractivity contribution is -0.126. The number of hydrogen-bond acceptors (Lipinski definition) is 5. The lowest BCUT2D eigenvalue weighted by Gasteiger charge is -2.40. The van der Waals surface area contributed by atoms with Gasteiger partial charge in [-0.25, -0.2) is 9.69 Å². The minimum Gasteiger partial charge on any atom is -0.497 e. The standard InChI is InChI=1S/C21H20N2O5/c1-27-18-4-2-3-17(9-18)15-5-7-16(8-6-15)20(25)22-10-14(11-22)12-23-19(24)13-28-21(23)26/h2-9,14H,10-13H2,1H3. The zero-order valence-corrected chi connectivity index (χ0v) is 15.5. The average Bonchev–Trinajstić information content (AvgIpc) is 3.01. The van der Waals surface area contributed by atoms with Crippen molar-refractivity contribution >= 4 is 17.9 Å². The minimum absolute atomic E-state index is 0.0521. The van der Waals surface area contributed by atoms with Crippen molar-refractivity contribution in [2.24, 2.45) is 5.92 Å². The lowest BCUT2D eigenvalue weighted by atomic mass is 9.97. The van der Waals surface area contributed by atoms with Crippen LogP contribution in [-0.2, 0) is 9.53 Å². The summed E-state index contributed by atoms with van der Waals surface area (Å²) in [5.74, 6) is 0.505. The van der Waals surface area contributed by atoms with Crippen molar-refractivity contribution in [2.45, 2.75) is 0 Å². The van der Waals surface area contributed by atoms with Gasteiger partial charge in [0.25, 0.3) is 11.8 Å². The van der Waals surface area contributed by atoms with E-state index in [-0.39, 0.29) is 24.3 Å². The van der Waals surface area contributed by atoms with Crippen LogP contribution in [0.25, 0.3) is 11.1 Å². The van der Waals surface area contributed by atoms with Crippen LogP contribution in [0.1, 0.15) is 10.4 Å². The number of methoxy groups -OCH3 is 1. The summed E-state index contributed by atoms with van der Waals surface area (Å²) in [7, 11) is 1.63. The van der Waals surface area contributed by atoms with Gasteiger partial charge in [0.15, 0.2) is 6.61 Å². The molecule has 0 radical (unpaired) electrons. The molecule has 0 bridgehead atoms. The molecule has 0 saturated carbocycles. The predicted octanol–water partition coefficient (Wildman–Crippen LogP) is 2.41. The largest absolute Gasteiger partial charge is 0.497 e. The SMILES string of the molecule is COc1cccc(-c2ccc(C(=O)N3CC(CN4C(=O)COC4=O)C3)cc2)c1. The Kier molecular flexibility index (Phi) is 4.73. The van der Waals surface area contributed by atoms with Crippen molar-refractivity contribution < 1.29 is 23.9 Å². The van der Waals surface area contributed by atoms with Gasteiger partial charge in [0.2, 0.25) is 0 Å². The summed E-state index contributed by atoms with van der Waals surface area (Å²) in [6.07, 6.45) is -0.595. The Bertz CT molecular complexity index is 903. The summed E-state index contributed by atoms with van der Waals surface area (Å²) in [6, 6.07) is 15.2. The van der Waals surface area contributed by atoms with Crippen molar-refractivity contribution in [1.82, 2.24) is 9.80 Å². The normalized spacial score (nSPS) is 16.8. The van der Waals surface area contributed by atoms with Crippen molar-refractivity contribution in [2.75, 3.05) is 33.4 Å². The molecule has 2 saturated heterocycles. The van der Waals surface area contributed by atoms with Gasteiger partial charge >= 0.3 is 6.09 Å². The molecule has 2 aliphatic heterocycles. The van der Waals surface area contributed by atoms with Crippen LogP contribution in [-0.4, -0.2) is 61.1 Å². The summed E-state index contributed by atoms with van der Waals surface area (Å²) in [5, 5.41) is 0. The number of ether oxygens (including phenoxy) is 2. The molecule has 2 aliphatic rings. The molecule has 0 atom stereocenters. The smallest absolute Gasteiger partial charge is 0.417 e. The molecule has 2 heterocycles. The zero-order valence-electron chi connectivity index (χ0n) is 15.5. The van der Waals surface area contributed by atoms with Crippen LogP contribution in [0.2, 0.25) is 0 Å². The molecule has 4 rings (SSSR count). The van der Waals surface area contributed by atoms with E-state index in [0.717, 1.165) is 21.8 Å². The molecule has 2 fully saturated rings. The second kappa shape index (κ2) is 7.34. The maximum absolute atomic E-state index is 12.6. The van der Waals surface area contributed by atoms with E-state index in [4.69, 9.17) is 9.47 Å². The van der Waals surface area contributed by atoms with Crippen molar-refractivity contribution in [3.8, 4) is 16.9 Å². The second-order valence-electron chi connectivity index (χ2n) is 6.94. The summed E-state index contributed by atoms with van der Waals surface area (Å²) < 4.78 is 9.95. The molecule has 0 aromatic heterocycles. The quantitative estimate of drug-likeness (QED) is 0.796. The second-order valence-corrected chi connectivity index (χ2v) is 6.94. The van der Waals surface area contributed by atoms with Crippen LogP contribution in [0.4, 0.5) is 4.79 Å². The average molecular weight is 380 g/mol. The Morgan fingerprint density at radius 2 is 1.86 bits per heavy atom. The fraction of sp³-hybridized carbons (Fsp3) is 0.286. The Labute approximate surface area is 162 Å². The fourth-order valence-corrected chi connectivity index (χ4v) is 3.46. The third-order valence-electron chi connectivity index (χ3n) is 5.06. The molecule has 0 unspecified atom stereocenters. The van der Waals surface area contributed by atoms with Gasteiger partial charge < -0.3 is 14.4 Å². The number of amides is 3. The van der Waals surface area contributed by atoms with Crippen LogP contribution in [0.5, 0.6) is 5.75 Å².